The highest BCUT2D eigenvalue weighted by Gasteiger charge is 2.20. The minimum absolute atomic E-state index is 0.131. The first-order chi connectivity index (χ1) is 11.2. The second kappa shape index (κ2) is 6.66. The number of imidazole rings is 1. The van der Waals surface area contributed by atoms with Crippen LogP contribution in [0.15, 0.2) is 46.6 Å². The average molecular weight is 329 g/mol. The summed E-state index contributed by atoms with van der Waals surface area (Å²) < 4.78 is 0. The normalized spacial score (nSPS) is 12.2. The molecule has 23 heavy (non-hydrogen) atoms. The minimum atomic E-state index is -0.366. The van der Waals surface area contributed by atoms with Crippen LogP contribution in [0.5, 0.6) is 0 Å². The van der Waals surface area contributed by atoms with Crippen LogP contribution in [0.25, 0.3) is 11.2 Å². The average Bonchev–Trinajstić information content (AvgIpc) is 3.02. The number of amides is 1. The molecule has 1 aromatic carbocycles. The van der Waals surface area contributed by atoms with Crippen molar-refractivity contribution < 1.29 is 4.79 Å². The Bertz CT molecular complexity index is 874. The van der Waals surface area contributed by atoms with Gasteiger partial charge in [-0.1, -0.05) is 36.9 Å². The third-order valence-corrected chi connectivity index (χ3v) is 4.48. The molecule has 0 bridgehead atoms. The minimum Gasteiger partial charge on any atom is -0.339 e. The van der Waals surface area contributed by atoms with E-state index in [0.717, 1.165) is 5.69 Å². The predicted molar refractivity (Wildman–Crippen MR) is 89.5 cm³/mol. The van der Waals surface area contributed by atoms with E-state index in [2.05, 4.69) is 25.3 Å². The van der Waals surface area contributed by atoms with Crippen LogP contribution in [0, 0.1) is 0 Å². The van der Waals surface area contributed by atoms with Crippen LogP contribution in [0.4, 0.5) is 5.69 Å². The van der Waals surface area contributed by atoms with Crippen molar-refractivity contribution in [3.05, 3.63) is 47.0 Å². The Labute approximate surface area is 135 Å². The zero-order chi connectivity index (χ0) is 16.2. The topological polar surface area (TPSA) is 104 Å². The fourth-order valence-electron chi connectivity index (χ4n) is 2.08. The molecule has 0 fully saturated rings. The molecule has 0 unspecified atom stereocenters. The van der Waals surface area contributed by atoms with Gasteiger partial charge in [0.15, 0.2) is 16.3 Å². The molecule has 0 spiro atoms. The largest absolute Gasteiger partial charge is 0.339 e. The monoisotopic (exact) mass is 329 g/mol. The summed E-state index contributed by atoms with van der Waals surface area (Å²) in [5, 5.41) is 2.87. The van der Waals surface area contributed by atoms with E-state index in [-0.39, 0.29) is 16.7 Å². The number of hydrogen-bond acceptors (Lipinski definition) is 5. The molecule has 7 nitrogen and oxygen atoms in total. The third kappa shape index (κ3) is 3.42. The van der Waals surface area contributed by atoms with Crippen LogP contribution in [0.3, 0.4) is 0 Å². The number of thioether (sulfide) groups is 1. The Morgan fingerprint density at radius 3 is 2.87 bits per heavy atom. The maximum Gasteiger partial charge on any atom is 0.277 e. The van der Waals surface area contributed by atoms with Gasteiger partial charge < -0.3 is 10.3 Å². The first-order valence-corrected chi connectivity index (χ1v) is 8.01. The highest BCUT2D eigenvalue weighted by atomic mass is 32.2. The number of benzene rings is 1. The van der Waals surface area contributed by atoms with Crippen LogP contribution in [-0.4, -0.2) is 31.1 Å². The standard InChI is InChI=1S/C15H15N5O2S/c1-2-10(13(21)18-9-6-4-3-5-7-9)23-15-19-12-11(14(22)20-15)16-8-17-12/h3-8,10H,2H2,1H3,(H,18,21)(H2,16,17,19,20,22)/t10-/m1/s1. The molecule has 2 heterocycles. The van der Waals surface area contributed by atoms with Crippen LogP contribution >= 0.6 is 11.8 Å². The molecule has 0 aliphatic heterocycles. The second-order valence-electron chi connectivity index (χ2n) is 4.84. The molecule has 0 radical (unpaired) electrons. The maximum absolute atomic E-state index is 12.4. The Hall–Kier alpha value is -2.61. The molecular formula is C15H15N5O2S. The van der Waals surface area contributed by atoms with Crippen LogP contribution in [0.1, 0.15) is 13.3 Å². The molecule has 0 aliphatic carbocycles. The molecular weight excluding hydrogens is 314 g/mol. The summed E-state index contributed by atoms with van der Waals surface area (Å²) in [6.45, 7) is 1.91. The van der Waals surface area contributed by atoms with E-state index >= 15 is 0 Å². The molecule has 3 aromatic rings. The smallest absolute Gasteiger partial charge is 0.277 e. The van der Waals surface area contributed by atoms with Gasteiger partial charge in [-0.2, -0.15) is 0 Å². The van der Waals surface area contributed by atoms with E-state index in [1.807, 2.05) is 37.3 Å². The second-order valence-corrected chi connectivity index (χ2v) is 6.03. The van der Waals surface area contributed by atoms with Gasteiger partial charge in [-0.3, -0.25) is 14.6 Å². The highest BCUT2D eigenvalue weighted by molar-refractivity contribution is 8.00. The number of aromatic nitrogens is 4. The molecule has 118 valence electrons. The van der Waals surface area contributed by atoms with Crippen molar-refractivity contribution in [1.82, 2.24) is 19.9 Å². The van der Waals surface area contributed by atoms with Gasteiger partial charge in [0.25, 0.3) is 5.56 Å². The summed E-state index contributed by atoms with van der Waals surface area (Å²) in [6.07, 6.45) is 2.02. The maximum atomic E-state index is 12.4. The van der Waals surface area contributed by atoms with Crippen LogP contribution in [-0.2, 0) is 4.79 Å². The lowest BCUT2D eigenvalue weighted by Gasteiger charge is -2.13. The Morgan fingerprint density at radius 1 is 1.35 bits per heavy atom. The fraction of sp³-hybridized carbons (Fsp3) is 0.200. The lowest BCUT2D eigenvalue weighted by Crippen LogP contribution is -2.25. The number of nitrogens with zero attached hydrogens (tertiary/aromatic N) is 2. The van der Waals surface area contributed by atoms with Crippen molar-refractivity contribution >= 4 is 34.5 Å². The first-order valence-electron chi connectivity index (χ1n) is 7.13. The summed E-state index contributed by atoms with van der Waals surface area (Å²) in [5.41, 5.74) is 1.11. The van der Waals surface area contributed by atoms with Gasteiger partial charge in [0.2, 0.25) is 5.91 Å². The van der Waals surface area contributed by atoms with Crippen molar-refractivity contribution in [1.29, 1.82) is 0 Å². The quantitative estimate of drug-likeness (QED) is 0.491. The number of carbonyl (C=O) groups excluding carboxylic acids is 1. The SMILES string of the molecule is CC[C@@H](Sc1nc2nc[nH]c2c(=O)[nH]1)C(=O)Nc1ccccc1. The zero-order valence-electron chi connectivity index (χ0n) is 12.4. The van der Waals surface area contributed by atoms with Crippen molar-refractivity contribution in [2.75, 3.05) is 5.32 Å². The Balaban J connectivity index is 1.77. The number of fused-ring (bicyclic) bond motifs is 1. The Morgan fingerprint density at radius 2 is 2.13 bits per heavy atom. The van der Waals surface area contributed by atoms with Gasteiger partial charge in [-0.05, 0) is 18.6 Å². The number of nitrogens with one attached hydrogen (secondary N) is 3. The van der Waals surface area contributed by atoms with E-state index < -0.39 is 0 Å². The summed E-state index contributed by atoms with van der Waals surface area (Å²) >= 11 is 1.22. The van der Waals surface area contributed by atoms with Gasteiger partial charge in [0, 0.05) is 5.69 Å². The highest BCUT2D eigenvalue weighted by Crippen LogP contribution is 2.23. The summed E-state index contributed by atoms with van der Waals surface area (Å²) in [6, 6.07) is 9.24. The summed E-state index contributed by atoms with van der Waals surface area (Å²) in [5.74, 6) is -0.131. The summed E-state index contributed by atoms with van der Waals surface area (Å²) in [4.78, 5) is 37.9. The number of para-hydroxylation sites is 1. The van der Waals surface area contributed by atoms with Gasteiger partial charge in [0.05, 0.1) is 11.6 Å². The molecule has 3 N–H and O–H groups in total. The first kappa shape index (κ1) is 15.3. The van der Waals surface area contributed by atoms with Crippen molar-refractivity contribution in [2.24, 2.45) is 0 Å². The van der Waals surface area contributed by atoms with E-state index in [1.165, 1.54) is 18.1 Å². The number of rotatable bonds is 5. The molecule has 3 rings (SSSR count). The van der Waals surface area contributed by atoms with Gasteiger partial charge in [-0.15, -0.1) is 0 Å². The molecule has 8 heteroatoms. The van der Waals surface area contributed by atoms with Crippen molar-refractivity contribution in [2.45, 2.75) is 23.8 Å². The zero-order valence-corrected chi connectivity index (χ0v) is 13.2. The number of anilines is 1. The van der Waals surface area contributed by atoms with Crippen LogP contribution in [0.2, 0.25) is 0 Å². The van der Waals surface area contributed by atoms with Gasteiger partial charge in [-0.25, -0.2) is 9.97 Å². The van der Waals surface area contributed by atoms with E-state index in [0.29, 0.717) is 22.7 Å². The van der Waals surface area contributed by atoms with E-state index in [1.54, 1.807) is 0 Å². The van der Waals surface area contributed by atoms with Gasteiger partial charge in [0.1, 0.15) is 0 Å². The van der Waals surface area contributed by atoms with Crippen LogP contribution < -0.4 is 10.9 Å². The number of carbonyl (C=O) groups is 1. The van der Waals surface area contributed by atoms with E-state index in [9.17, 15) is 9.59 Å². The van der Waals surface area contributed by atoms with E-state index in [4.69, 9.17) is 0 Å². The number of hydrogen-bond donors (Lipinski definition) is 3. The summed E-state index contributed by atoms with van der Waals surface area (Å²) in [7, 11) is 0. The molecule has 0 aliphatic rings. The number of aromatic amines is 2. The molecule has 0 saturated carbocycles. The molecule has 0 saturated heterocycles. The Kier molecular flexibility index (Phi) is 4.42. The number of H-pyrrole nitrogens is 2. The molecule has 1 atom stereocenters. The van der Waals surface area contributed by atoms with Crippen molar-refractivity contribution in [3.8, 4) is 0 Å². The lowest BCUT2D eigenvalue weighted by molar-refractivity contribution is -0.115. The molecule has 2 aromatic heterocycles. The lowest BCUT2D eigenvalue weighted by atomic mass is 10.3. The third-order valence-electron chi connectivity index (χ3n) is 3.23. The van der Waals surface area contributed by atoms with Crippen molar-refractivity contribution in [3.63, 3.8) is 0 Å². The fourth-order valence-corrected chi connectivity index (χ4v) is 2.97. The predicted octanol–water partition coefficient (Wildman–Crippen LogP) is 2.16. The van der Waals surface area contributed by atoms with Gasteiger partial charge >= 0.3 is 0 Å². The molecule has 1 amide bonds.